The van der Waals surface area contributed by atoms with Gasteiger partial charge in [-0.25, -0.2) is 0 Å². The van der Waals surface area contributed by atoms with E-state index in [4.69, 9.17) is 5.73 Å². The number of amides is 1. The molecular formula is C15H25ClN4OS. The van der Waals surface area contributed by atoms with Gasteiger partial charge in [0.2, 0.25) is 0 Å². The molecule has 3 N–H and O–H groups in total. The standard InChI is InChI=1S/C15H24N4OS.ClH/c1-9(2)7-15(4,8-16)17-13(20)12-6-11-10(3)18-19(5)14(11)21-12;/h6,9H,7-8,16H2,1-5H3,(H,17,20);1H. The van der Waals surface area contributed by atoms with Crippen molar-refractivity contribution in [3.63, 3.8) is 0 Å². The molecule has 0 aliphatic heterocycles. The number of nitrogens with one attached hydrogen (secondary N) is 1. The number of hydrogen-bond acceptors (Lipinski definition) is 4. The van der Waals surface area contributed by atoms with Crippen LogP contribution in [0.4, 0.5) is 0 Å². The van der Waals surface area contributed by atoms with E-state index in [1.165, 1.54) is 11.3 Å². The lowest BCUT2D eigenvalue weighted by atomic mass is 9.90. The minimum absolute atomic E-state index is 0. The number of fused-ring (bicyclic) bond motifs is 1. The van der Waals surface area contributed by atoms with Gasteiger partial charge in [-0.2, -0.15) is 5.10 Å². The molecule has 0 aliphatic carbocycles. The molecule has 2 aromatic heterocycles. The molecular weight excluding hydrogens is 320 g/mol. The van der Waals surface area contributed by atoms with Gasteiger partial charge in [0.15, 0.2) is 0 Å². The van der Waals surface area contributed by atoms with Gasteiger partial charge in [-0.1, -0.05) is 13.8 Å². The van der Waals surface area contributed by atoms with E-state index < -0.39 is 0 Å². The highest BCUT2D eigenvalue weighted by Gasteiger charge is 2.27. The Labute approximate surface area is 141 Å². The van der Waals surface area contributed by atoms with Gasteiger partial charge in [0.05, 0.1) is 16.1 Å². The van der Waals surface area contributed by atoms with Crippen LogP contribution in [0, 0.1) is 12.8 Å². The fraction of sp³-hybridized carbons (Fsp3) is 0.600. The molecule has 0 saturated carbocycles. The van der Waals surface area contributed by atoms with Gasteiger partial charge in [0, 0.05) is 19.0 Å². The second kappa shape index (κ2) is 6.98. The van der Waals surface area contributed by atoms with E-state index in [0.29, 0.717) is 17.3 Å². The third-order valence-corrected chi connectivity index (χ3v) is 4.85. The number of carbonyl (C=O) groups excluding carboxylic acids is 1. The van der Waals surface area contributed by atoms with E-state index in [1.807, 2.05) is 31.6 Å². The van der Waals surface area contributed by atoms with Gasteiger partial charge in [-0.15, -0.1) is 23.7 Å². The Morgan fingerprint density at radius 1 is 1.55 bits per heavy atom. The summed E-state index contributed by atoms with van der Waals surface area (Å²) in [6.45, 7) is 8.66. The SMILES string of the molecule is Cc1nn(C)c2sc(C(=O)NC(C)(CN)CC(C)C)cc12.Cl. The Morgan fingerprint density at radius 3 is 2.68 bits per heavy atom. The minimum Gasteiger partial charge on any atom is -0.345 e. The van der Waals surface area contributed by atoms with E-state index in [2.05, 4.69) is 24.3 Å². The maximum Gasteiger partial charge on any atom is 0.261 e. The molecule has 2 rings (SSSR count). The number of aryl methyl sites for hydroxylation is 2. The summed E-state index contributed by atoms with van der Waals surface area (Å²) < 4.78 is 1.82. The molecule has 124 valence electrons. The molecule has 0 radical (unpaired) electrons. The molecule has 5 nitrogen and oxygen atoms in total. The van der Waals surface area contributed by atoms with Crippen LogP contribution in [0.3, 0.4) is 0 Å². The van der Waals surface area contributed by atoms with Gasteiger partial charge in [0.25, 0.3) is 5.91 Å². The molecule has 2 heterocycles. The van der Waals surface area contributed by atoms with E-state index in [1.54, 1.807) is 0 Å². The third kappa shape index (κ3) is 3.80. The molecule has 0 aromatic carbocycles. The predicted octanol–water partition coefficient (Wildman–Crippen LogP) is 2.86. The van der Waals surface area contributed by atoms with Gasteiger partial charge >= 0.3 is 0 Å². The number of carbonyl (C=O) groups is 1. The average Bonchev–Trinajstić information content (AvgIpc) is 2.91. The number of rotatable bonds is 5. The zero-order chi connectivity index (χ0) is 15.8. The van der Waals surface area contributed by atoms with Crippen molar-refractivity contribution in [2.24, 2.45) is 18.7 Å². The maximum atomic E-state index is 12.5. The van der Waals surface area contributed by atoms with Crippen LogP contribution in [0.5, 0.6) is 0 Å². The van der Waals surface area contributed by atoms with Crippen molar-refractivity contribution in [1.82, 2.24) is 15.1 Å². The summed E-state index contributed by atoms with van der Waals surface area (Å²) in [6.07, 6.45) is 0.862. The molecule has 1 atom stereocenters. The molecule has 2 aromatic rings. The number of thiophene rings is 1. The first-order valence-corrected chi connectivity index (χ1v) is 8.03. The van der Waals surface area contributed by atoms with Gasteiger partial charge < -0.3 is 11.1 Å². The van der Waals surface area contributed by atoms with Crippen LogP contribution >= 0.6 is 23.7 Å². The second-order valence-corrected chi connectivity index (χ2v) is 7.39. The first kappa shape index (κ1) is 18.9. The summed E-state index contributed by atoms with van der Waals surface area (Å²) in [5.74, 6) is 0.428. The largest absolute Gasteiger partial charge is 0.345 e. The van der Waals surface area contributed by atoms with Crippen LogP contribution in [-0.2, 0) is 7.05 Å². The lowest BCUT2D eigenvalue weighted by Crippen LogP contribution is -2.52. The first-order valence-electron chi connectivity index (χ1n) is 7.21. The average molecular weight is 345 g/mol. The van der Waals surface area contributed by atoms with Crippen LogP contribution in [0.1, 0.15) is 42.6 Å². The summed E-state index contributed by atoms with van der Waals surface area (Å²) >= 11 is 1.47. The van der Waals surface area contributed by atoms with E-state index in [0.717, 1.165) is 22.3 Å². The van der Waals surface area contributed by atoms with Gasteiger partial charge in [-0.05, 0) is 32.3 Å². The predicted molar refractivity (Wildman–Crippen MR) is 95.0 cm³/mol. The van der Waals surface area contributed by atoms with Crippen molar-refractivity contribution in [2.45, 2.75) is 39.7 Å². The smallest absolute Gasteiger partial charge is 0.261 e. The lowest BCUT2D eigenvalue weighted by Gasteiger charge is -2.31. The maximum absolute atomic E-state index is 12.5. The number of nitrogens with zero attached hydrogens (tertiary/aromatic N) is 2. The highest BCUT2D eigenvalue weighted by molar-refractivity contribution is 7.20. The van der Waals surface area contributed by atoms with Crippen molar-refractivity contribution in [1.29, 1.82) is 0 Å². The molecule has 22 heavy (non-hydrogen) atoms. The Balaban J connectivity index is 0.00000242. The zero-order valence-corrected chi connectivity index (χ0v) is 15.4. The third-order valence-electron chi connectivity index (χ3n) is 3.64. The Kier molecular flexibility index (Phi) is 6.01. The number of aromatic nitrogens is 2. The van der Waals surface area contributed by atoms with Crippen molar-refractivity contribution >= 4 is 39.9 Å². The summed E-state index contributed by atoms with van der Waals surface area (Å²) in [6, 6.07) is 1.92. The molecule has 0 fully saturated rings. The summed E-state index contributed by atoms with van der Waals surface area (Å²) in [4.78, 5) is 14.2. The molecule has 0 spiro atoms. The molecule has 7 heteroatoms. The van der Waals surface area contributed by atoms with Crippen molar-refractivity contribution in [2.75, 3.05) is 6.54 Å². The normalized spacial score (nSPS) is 14.0. The van der Waals surface area contributed by atoms with Crippen molar-refractivity contribution in [3.05, 3.63) is 16.6 Å². The van der Waals surface area contributed by atoms with E-state index >= 15 is 0 Å². The van der Waals surface area contributed by atoms with Crippen LogP contribution < -0.4 is 11.1 Å². The Morgan fingerprint density at radius 2 is 2.18 bits per heavy atom. The van der Waals surface area contributed by atoms with E-state index in [9.17, 15) is 4.79 Å². The van der Waals surface area contributed by atoms with E-state index in [-0.39, 0.29) is 23.9 Å². The second-order valence-electron chi connectivity index (χ2n) is 6.36. The fourth-order valence-electron chi connectivity index (χ4n) is 2.74. The summed E-state index contributed by atoms with van der Waals surface area (Å²) in [7, 11) is 1.90. The van der Waals surface area contributed by atoms with Gasteiger partial charge in [0.1, 0.15) is 4.83 Å². The zero-order valence-electron chi connectivity index (χ0n) is 13.8. The van der Waals surface area contributed by atoms with Crippen LogP contribution in [0.2, 0.25) is 0 Å². The Hall–Kier alpha value is -1.11. The summed E-state index contributed by atoms with van der Waals surface area (Å²) in [5.41, 5.74) is 6.44. The number of halogens is 1. The van der Waals surface area contributed by atoms with Crippen molar-refractivity contribution in [3.8, 4) is 0 Å². The molecule has 1 amide bonds. The highest BCUT2D eigenvalue weighted by Crippen LogP contribution is 2.28. The monoisotopic (exact) mass is 344 g/mol. The quantitative estimate of drug-likeness (QED) is 0.875. The van der Waals surface area contributed by atoms with Crippen molar-refractivity contribution < 1.29 is 4.79 Å². The number of hydrogen-bond donors (Lipinski definition) is 2. The molecule has 0 aliphatic rings. The molecule has 0 bridgehead atoms. The minimum atomic E-state index is -0.366. The van der Waals surface area contributed by atoms with Crippen LogP contribution in [0.15, 0.2) is 6.07 Å². The number of nitrogens with two attached hydrogens (primary N) is 1. The van der Waals surface area contributed by atoms with Gasteiger partial charge in [-0.3, -0.25) is 9.48 Å². The highest BCUT2D eigenvalue weighted by atomic mass is 35.5. The first-order chi connectivity index (χ1) is 9.75. The summed E-state index contributed by atoms with van der Waals surface area (Å²) in [5, 5.41) is 8.50. The fourth-order valence-corrected chi connectivity index (χ4v) is 3.76. The molecule has 1 unspecified atom stereocenters. The molecule has 0 saturated heterocycles. The van der Waals surface area contributed by atoms with Crippen LogP contribution in [0.25, 0.3) is 10.2 Å². The van der Waals surface area contributed by atoms with Crippen LogP contribution in [-0.4, -0.2) is 27.8 Å². The Bertz CT molecular complexity index is 629. The topological polar surface area (TPSA) is 72.9 Å². The lowest BCUT2D eigenvalue weighted by molar-refractivity contribution is 0.0902.